The molecule has 1 fully saturated rings. The van der Waals surface area contributed by atoms with Crippen LogP contribution in [0.4, 0.5) is 0 Å². The van der Waals surface area contributed by atoms with Crippen LogP contribution in [0.2, 0.25) is 0 Å². The minimum absolute atomic E-state index is 0.393. The van der Waals surface area contributed by atoms with E-state index in [0.29, 0.717) is 6.42 Å². The summed E-state index contributed by atoms with van der Waals surface area (Å²) in [5, 5.41) is 8.20. The van der Waals surface area contributed by atoms with Gasteiger partial charge in [-0.3, -0.25) is 9.59 Å². The highest BCUT2D eigenvalue weighted by atomic mass is 32.2. The Balaban J connectivity index is 0.000000397. The maximum absolute atomic E-state index is 10.7. The Morgan fingerprint density at radius 1 is 1.33 bits per heavy atom. The molecule has 0 bridgehead atoms. The second-order valence-electron chi connectivity index (χ2n) is 4.37. The first-order valence-corrected chi connectivity index (χ1v) is 7.08. The van der Waals surface area contributed by atoms with Crippen LogP contribution in [0.1, 0.15) is 52.4 Å². The number of carbonyl (C=O) groups excluding carboxylic acids is 1. The first-order chi connectivity index (χ1) is 8.30. The predicted molar refractivity (Wildman–Crippen MR) is 77.0 cm³/mol. The van der Waals surface area contributed by atoms with Crippen molar-refractivity contribution in [1.82, 2.24) is 0 Å². The molecule has 0 heterocycles. The van der Waals surface area contributed by atoms with Gasteiger partial charge in [0.1, 0.15) is 6.42 Å². The third-order valence-corrected chi connectivity index (χ3v) is 3.24. The third-order valence-electron chi connectivity index (χ3n) is 2.43. The molecule has 0 atom stereocenters. The van der Waals surface area contributed by atoms with Crippen molar-refractivity contribution in [1.29, 1.82) is 0 Å². The molecule has 1 N–H and O–H groups in total. The van der Waals surface area contributed by atoms with Crippen LogP contribution in [0.3, 0.4) is 0 Å². The molecule has 0 amide bonds. The second-order valence-corrected chi connectivity index (χ2v) is 6.17. The number of carbonyl (C=O) groups is 2. The van der Waals surface area contributed by atoms with Crippen LogP contribution in [0.15, 0.2) is 0 Å². The van der Waals surface area contributed by atoms with Crippen molar-refractivity contribution in [2.24, 2.45) is 5.92 Å². The fourth-order valence-electron chi connectivity index (χ4n) is 1.23. The lowest BCUT2D eigenvalue weighted by atomic mass is 10.2. The van der Waals surface area contributed by atoms with Crippen molar-refractivity contribution in [2.75, 3.05) is 0 Å². The van der Waals surface area contributed by atoms with Gasteiger partial charge in [0.15, 0.2) is 4.27 Å². The van der Waals surface area contributed by atoms with Crippen LogP contribution in [-0.4, -0.2) is 21.3 Å². The molecule has 4 nitrogen and oxygen atoms in total. The SMILES string of the molecule is CCC(S)(S)OC(=O)CC(=O)O.CCCC1CC1. The van der Waals surface area contributed by atoms with Gasteiger partial charge in [-0.25, -0.2) is 0 Å². The maximum Gasteiger partial charge on any atom is 0.319 e. The zero-order valence-corrected chi connectivity index (χ0v) is 12.7. The average molecular weight is 294 g/mol. The number of hydrogen-bond acceptors (Lipinski definition) is 5. The van der Waals surface area contributed by atoms with Gasteiger partial charge in [0, 0.05) is 6.42 Å². The molecule has 0 aromatic heterocycles. The minimum atomic E-state index is -1.23. The summed E-state index contributed by atoms with van der Waals surface area (Å²) >= 11 is 7.75. The topological polar surface area (TPSA) is 63.6 Å². The standard InChI is InChI=1S/C6H10O4S2.C6H12/c1-2-6(11,12)10-5(9)3-4(7)8;1-2-3-6-4-5-6/h11-12H,2-3H2,1H3,(H,7,8);6H,2-5H2,1H3. The highest BCUT2D eigenvalue weighted by Gasteiger charge is 2.23. The van der Waals surface area contributed by atoms with Gasteiger partial charge < -0.3 is 9.84 Å². The summed E-state index contributed by atoms with van der Waals surface area (Å²) < 4.78 is 3.43. The highest BCUT2D eigenvalue weighted by Crippen LogP contribution is 2.33. The van der Waals surface area contributed by atoms with Crippen molar-refractivity contribution in [3.63, 3.8) is 0 Å². The van der Waals surface area contributed by atoms with E-state index in [0.717, 1.165) is 5.92 Å². The Hall–Kier alpha value is -0.360. The van der Waals surface area contributed by atoms with E-state index in [-0.39, 0.29) is 0 Å². The van der Waals surface area contributed by atoms with E-state index >= 15 is 0 Å². The van der Waals surface area contributed by atoms with E-state index in [1.165, 1.54) is 25.7 Å². The smallest absolute Gasteiger partial charge is 0.319 e. The van der Waals surface area contributed by atoms with Crippen LogP contribution in [-0.2, 0) is 14.3 Å². The van der Waals surface area contributed by atoms with E-state index in [4.69, 9.17) is 5.11 Å². The molecular weight excluding hydrogens is 272 g/mol. The van der Waals surface area contributed by atoms with Gasteiger partial charge in [0.2, 0.25) is 0 Å². The molecule has 6 heteroatoms. The molecular formula is C12H22O4S2. The summed E-state index contributed by atoms with van der Waals surface area (Å²) in [6.45, 7) is 3.98. The van der Waals surface area contributed by atoms with Gasteiger partial charge >= 0.3 is 11.9 Å². The number of aliphatic carboxylic acids is 1. The summed E-state index contributed by atoms with van der Waals surface area (Å²) in [7, 11) is 0. The molecule has 0 spiro atoms. The van der Waals surface area contributed by atoms with E-state index < -0.39 is 22.6 Å². The predicted octanol–water partition coefficient (Wildman–Crippen LogP) is 3.12. The fraction of sp³-hybridized carbons (Fsp3) is 0.833. The summed E-state index contributed by atoms with van der Waals surface area (Å²) in [5.41, 5.74) is 0. The number of thiol groups is 2. The van der Waals surface area contributed by atoms with E-state index in [2.05, 4.69) is 36.9 Å². The first-order valence-electron chi connectivity index (χ1n) is 6.19. The van der Waals surface area contributed by atoms with Gasteiger partial charge in [-0.1, -0.05) is 39.5 Å². The number of ether oxygens (including phenoxy) is 1. The lowest BCUT2D eigenvalue weighted by Gasteiger charge is -2.20. The monoisotopic (exact) mass is 294 g/mol. The molecule has 1 aliphatic rings. The number of rotatable bonds is 6. The molecule has 0 saturated heterocycles. The first kappa shape index (κ1) is 17.6. The zero-order valence-electron chi connectivity index (χ0n) is 10.9. The third kappa shape index (κ3) is 10.8. The van der Waals surface area contributed by atoms with Crippen molar-refractivity contribution in [2.45, 2.75) is 56.6 Å². The minimum Gasteiger partial charge on any atom is -0.481 e. The van der Waals surface area contributed by atoms with Crippen LogP contribution < -0.4 is 0 Å². The molecule has 0 unspecified atom stereocenters. The number of hydrogen-bond donors (Lipinski definition) is 3. The number of carboxylic acids is 1. The molecule has 106 valence electrons. The van der Waals surface area contributed by atoms with Crippen LogP contribution >= 0.6 is 25.3 Å². The van der Waals surface area contributed by atoms with Gasteiger partial charge in [-0.2, -0.15) is 0 Å². The van der Waals surface area contributed by atoms with Crippen LogP contribution in [0.5, 0.6) is 0 Å². The average Bonchev–Trinajstić information content (AvgIpc) is 3.01. The molecule has 0 aromatic carbocycles. The summed E-state index contributed by atoms with van der Waals surface area (Å²) in [6, 6.07) is 0. The Kier molecular flexibility index (Phi) is 8.52. The Morgan fingerprint density at radius 3 is 2.17 bits per heavy atom. The molecule has 1 rings (SSSR count). The van der Waals surface area contributed by atoms with Crippen LogP contribution in [0.25, 0.3) is 0 Å². The quantitative estimate of drug-likeness (QED) is 0.305. The number of carboxylic acid groups (broad SMARTS) is 1. The molecule has 0 aliphatic heterocycles. The van der Waals surface area contributed by atoms with Crippen molar-refractivity contribution in [3.8, 4) is 0 Å². The lowest BCUT2D eigenvalue weighted by molar-refractivity contribution is -0.153. The fourth-order valence-corrected chi connectivity index (χ4v) is 1.43. The Bertz CT molecular complexity index is 275. The highest BCUT2D eigenvalue weighted by molar-refractivity contribution is 8.00. The molecule has 0 radical (unpaired) electrons. The molecule has 1 saturated carbocycles. The maximum atomic E-state index is 10.7. The van der Waals surface area contributed by atoms with Crippen LogP contribution in [0, 0.1) is 5.92 Å². The van der Waals surface area contributed by atoms with E-state index in [1.54, 1.807) is 6.92 Å². The van der Waals surface area contributed by atoms with E-state index in [9.17, 15) is 9.59 Å². The van der Waals surface area contributed by atoms with Gasteiger partial charge in [-0.05, 0) is 5.92 Å². The molecule has 0 aromatic rings. The van der Waals surface area contributed by atoms with Crippen molar-refractivity contribution in [3.05, 3.63) is 0 Å². The normalized spacial score (nSPS) is 14.4. The van der Waals surface area contributed by atoms with Gasteiger partial charge in [0.25, 0.3) is 0 Å². The van der Waals surface area contributed by atoms with Crippen molar-refractivity contribution >= 4 is 37.2 Å². The Labute approximate surface area is 119 Å². The summed E-state index contributed by atoms with van der Waals surface area (Å²) in [6.07, 6.45) is 5.65. The lowest BCUT2D eigenvalue weighted by Crippen LogP contribution is -2.23. The van der Waals surface area contributed by atoms with Crippen molar-refractivity contribution < 1.29 is 19.4 Å². The molecule has 18 heavy (non-hydrogen) atoms. The Morgan fingerprint density at radius 2 is 1.89 bits per heavy atom. The van der Waals surface area contributed by atoms with E-state index in [1.807, 2.05) is 0 Å². The zero-order chi connectivity index (χ0) is 14.2. The molecule has 1 aliphatic carbocycles. The second kappa shape index (κ2) is 8.69. The van der Waals surface area contributed by atoms with Gasteiger partial charge in [0.05, 0.1) is 0 Å². The summed E-state index contributed by atoms with van der Waals surface area (Å²) in [5.74, 6) is -0.919. The largest absolute Gasteiger partial charge is 0.481 e. The summed E-state index contributed by atoms with van der Waals surface area (Å²) in [4.78, 5) is 20.8. The number of esters is 1. The van der Waals surface area contributed by atoms with Gasteiger partial charge in [-0.15, -0.1) is 25.3 Å².